The molecule has 3 heterocycles. The maximum absolute atomic E-state index is 13.0. The number of pyridine rings is 1. The van der Waals surface area contributed by atoms with E-state index in [1.165, 1.54) is 20.0 Å². The van der Waals surface area contributed by atoms with Crippen molar-refractivity contribution >= 4 is 28.4 Å². The molecule has 1 saturated heterocycles. The van der Waals surface area contributed by atoms with Gasteiger partial charge in [-0.3, -0.25) is 0 Å². The minimum atomic E-state index is -5.12. The number of hydroxylamine groups is 1. The van der Waals surface area contributed by atoms with Crippen LogP contribution in [0.5, 0.6) is 11.5 Å². The summed E-state index contributed by atoms with van der Waals surface area (Å²) in [6, 6.07) is 3.38. The number of hydrogen-bond acceptors (Lipinski definition) is 8. The van der Waals surface area contributed by atoms with Crippen LogP contribution in [0.1, 0.15) is 38.7 Å². The van der Waals surface area contributed by atoms with Gasteiger partial charge in [-0.15, -0.1) is 0 Å². The Morgan fingerprint density at radius 1 is 1.20 bits per heavy atom. The van der Waals surface area contributed by atoms with Gasteiger partial charge in [0.2, 0.25) is 0 Å². The molecule has 8 nitrogen and oxygen atoms in total. The molecular formula is C24H31F3N4O4. The fourth-order valence-corrected chi connectivity index (χ4v) is 4.76. The summed E-state index contributed by atoms with van der Waals surface area (Å²) in [5.41, 5.74) is 0.555. The van der Waals surface area contributed by atoms with Crippen molar-refractivity contribution in [2.75, 3.05) is 50.8 Å². The van der Waals surface area contributed by atoms with E-state index in [0.29, 0.717) is 52.5 Å². The molecule has 0 saturated carbocycles. The van der Waals surface area contributed by atoms with E-state index in [-0.39, 0.29) is 0 Å². The van der Waals surface area contributed by atoms with E-state index < -0.39 is 17.7 Å². The average molecular weight is 497 g/mol. The normalized spacial score (nSPS) is 17.5. The van der Waals surface area contributed by atoms with Gasteiger partial charge >= 0.3 is 12.1 Å². The largest absolute Gasteiger partial charge is 0.493 e. The average Bonchev–Trinajstić information content (AvgIpc) is 3.41. The Bertz CT molecular complexity index is 1100. The molecule has 0 bridgehead atoms. The van der Waals surface area contributed by atoms with Gasteiger partial charge in [0, 0.05) is 37.0 Å². The lowest BCUT2D eigenvalue weighted by molar-refractivity contribution is -0.202. The number of nitrogens with one attached hydrogen (secondary N) is 1. The number of ether oxygens (including phenoxy) is 2. The summed E-state index contributed by atoms with van der Waals surface area (Å²) in [4.78, 5) is 23.7. The first-order chi connectivity index (χ1) is 16.5. The molecule has 35 heavy (non-hydrogen) atoms. The van der Waals surface area contributed by atoms with Crippen LogP contribution in [0, 0.1) is 0 Å². The van der Waals surface area contributed by atoms with Gasteiger partial charge in [0.1, 0.15) is 5.82 Å². The number of alkyl halides is 3. The van der Waals surface area contributed by atoms with Gasteiger partial charge in [0.05, 0.1) is 30.5 Å². The summed E-state index contributed by atoms with van der Waals surface area (Å²) >= 11 is 0. The number of hydrogen-bond donors (Lipinski definition) is 1. The number of aromatic nitrogens is 1. The maximum atomic E-state index is 13.0. The number of likely N-dealkylation sites (tertiary alicyclic amines) is 1. The van der Waals surface area contributed by atoms with Crippen LogP contribution in [0.15, 0.2) is 12.1 Å². The predicted octanol–water partition coefficient (Wildman–Crippen LogP) is 4.31. The number of rotatable bonds is 8. The molecule has 1 N–H and O–H groups in total. The number of halogens is 3. The van der Waals surface area contributed by atoms with Gasteiger partial charge in [-0.1, -0.05) is 0 Å². The fraction of sp³-hybridized carbons (Fsp3) is 0.583. The summed E-state index contributed by atoms with van der Waals surface area (Å²) < 4.78 is 50.7. The second-order valence-electron chi connectivity index (χ2n) is 9.47. The van der Waals surface area contributed by atoms with E-state index in [1.807, 2.05) is 0 Å². The molecule has 0 amide bonds. The Morgan fingerprint density at radius 3 is 2.54 bits per heavy atom. The van der Waals surface area contributed by atoms with Crippen molar-refractivity contribution in [3.63, 3.8) is 0 Å². The number of methoxy groups -OCH3 is 1. The molecule has 1 aromatic carbocycles. The molecule has 0 radical (unpaired) electrons. The lowest BCUT2D eigenvalue weighted by Gasteiger charge is -2.32. The lowest BCUT2D eigenvalue weighted by Crippen LogP contribution is -2.45. The standard InChI is InChI=1S/C24H31F3N4O4/c1-23(2)14-16-20(31(23)35-22(32)24(25,26)27)15-12-18(33-4)19(13-17(15)29-21(16)28-3)34-11-7-10-30-8-5-6-9-30/h12-13H,5-11,14H2,1-4H3,(H,28,29). The smallest absolute Gasteiger partial charge is 0.493 e. The van der Waals surface area contributed by atoms with E-state index in [1.54, 1.807) is 33.0 Å². The van der Waals surface area contributed by atoms with Gasteiger partial charge in [0.15, 0.2) is 11.5 Å². The molecule has 4 rings (SSSR count). The first-order valence-electron chi connectivity index (χ1n) is 11.7. The molecule has 11 heteroatoms. The highest BCUT2D eigenvalue weighted by Crippen LogP contribution is 2.48. The third kappa shape index (κ3) is 5.05. The number of anilines is 2. The Balaban J connectivity index is 1.69. The highest BCUT2D eigenvalue weighted by Gasteiger charge is 2.48. The summed E-state index contributed by atoms with van der Waals surface area (Å²) in [7, 11) is 3.18. The van der Waals surface area contributed by atoms with Crippen molar-refractivity contribution in [1.82, 2.24) is 9.88 Å². The van der Waals surface area contributed by atoms with Crippen LogP contribution in [0.4, 0.5) is 24.7 Å². The molecule has 192 valence electrons. The second-order valence-corrected chi connectivity index (χ2v) is 9.47. The summed E-state index contributed by atoms with van der Waals surface area (Å²) in [6.45, 7) is 7.10. The molecule has 2 aromatic rings. The molecule has 0 spiro atoms. The van der Waals surface area contributed by atoms with E-state index in [0.717, 1.165) is 31.1 Å². The Hall–Kier alpha value is -2.95. The summed E-state index contributed by atoms with van der Waals surface area (Å²) in [6.07, 6.45) is -1.48. The number of carbonyl (C=O) groups is 1. The van der Waals surface area contributed by atoms with E-state index in [4.69, 9.17) is 14.3 Å². The van der Waals surface area contributed by atoms with Gasteiger partial charge in [-0.2, -0.15) is 18.2 Å². The number of nitrogens with zero attached hydrogens (tertiary/aromatic N) is 3. The van der Waals surface area contributed by atoms with Gasteiger partial charge in [0.25, 0.3) is 0 Å². The molecule has 1 fully saturated rings. The molecule has 1 aromatic heterocycles. The molecule has 0 aliphatic carbocycles. The SMILES string of the molecule is CNc1nc2cc(OCCCN3CCCC3)c(OC)cc2c2c1CC(C)(C)N2OC(=O)C(F)(F)F. The fourth-order valence-electron chi connectivity index (χ4n) is 4.76. The van der Waals surface area contributed by atoms with Crippen LogP contribution in [-0.2, 0) is 16.1 Å². The highest BCUT2D eigenvalue weighted by molar-refractivity contribution is 5.99. The van der Waals surface area contributed by atoms with E-state index >= 15 is 0 Å². The highest BCUT2D eigenvalue weighted by atomic mass is 19.4. The van der Waals surface area contributed by atoms with Crippen LogP contribution < -0.4 is 19.9 Å². The Kier molecular flexibility index (Phi) is 6.90. The van der Waals surface area contributed by atoms with E-state index in [9.17, 15) is 18.0 Å². The monoisotopic (exact) mass is 496 g/mol. The van der Waals surface area contributed by atoms with Crippen LogP contribution in [0.25, 0.3) is 10.9 Å². The van der Waals surface area contributed by atoms with Crippen molar-refractivity contribution in [1.29, 1.82) is 0 Å². The second kappa shape index (κ2) is 9.60. The Morgan fingerprint density at radius 2 is 1.91 bits per heavy atom. The number of fused-ring (bicyclic) bond motifs is 3. The van der Waals surface area contributed by atoms with Crippen LogP contribution in [0.3, 0.4) is 0 Å². The van der Waals surface area contributed by atoms with E-state index in [2.05, 4.69) is 15.2 Å². The van der Waals surface area contributed by atoms with Gasteiger partial charge in [-0.05, 0) is 52.3 Å². The molecular weight excluding hydrogens is 465 g/mol. The quantitative estimate of drug-likeness (QED) is 0.542. The Labute approximate surface area is 202 Å². The third-order valence-corrected chi connectivity index (χ3v) is 6.42. The molecule has 0 atom stereocenters. The van der Waals surface area contributed by atoms with Crippen molar-refractivity contribution in [2.45, 2.75) is 51.2 Å². The zero-order valence-electron chi connectivity index (χ0n) is 20.4. The van der Waals surface area contributed by atoms with Gasteiger partial charge in [-0.25, -0.2) is 9.78 Å². The summed E-state index contributed by atoms with van der Waals surface area (Å²) in [5.74, 6) is -0.866. The number of carbonyl (C=O) groups excluding carboxylic acids is 1. The van der Waals surface area contributed by atoms with Crippen molar-refractivity contribution in [3.8, 4) is 11.5 Å². The minimum Gasteiger partial charge on any atom is -0.493 e. The van der Waals surface area contributed by atoms with Crippen LogP contribution in [-0.4, -0.2) is 68.0 Å². The number of benzene rings is 1. The maximum Gasteiger partial charge on any atom is 0.493 e. The topological polar surface area (TPSA) is 76.2 Å². The summed E-state index contributed by atoms with van der Waals surface area (Å²) in [5, 5.41) is 4.56. The molecule has 2 aliphatic heterocycles. The van der Waals surface area contributed by atoms with Crippen molar-refractivity contribution in [2.24, 2.45) is 0 Å². The zero-order chi connectivity index (χ0) is 25.4. The minimum absolute atomic E-state index is 0.323. The third-order valence-electron chi connectivity index (χ3n) is 6.42. The lowest BCUT2D eigenvalue weighted by atomic mass is 10.00. The van der Waals surface area contributed by atoms with Gasteiger partial charge < -0.3 is 24.5 Å². The van der Waals surface area contributed by atoms with Crippen LogP contribution >= 0.6 is 0 Å². The first-order valence-corrected chi connectivity index (χ1v) is 11.7. The first kappa shape index (κ1) is 25.2. The van der Waals surface area contributed by atoms with Crippen LogP contribution in [0.2, 0.25) is 0 Å². The molecule has 2 aliphatic rings. The molecule has 0 unspecified atom stereocenters. The zero-order valence-corrected chi connectivity index (χ0v) is 20.4. The van der Waals surface area contributed by atoms with Crippen molar-refractivity contribution in [3.05, 3.63) is 17.7 Å². The predicted molar refractivity (Wildman–Crippen MR) is 126 cm³/mol. The van der Waals surface area contributed by atoms with Crippen molar-refractivity contribution < 1.29 is 32.3 Å².